The van der Waals surface area contributed by atoms with Crippen molar-refractivity contribution in [1.29, 1.82) is 0 Å². The van der Waals surface area contributed by atoms with Crippen LogP contribution in [0.15, 0.2) is 42.0 Å². The summed E-state index contributed by atoms with van der Waals surface area (Å²) in [6, 6.07) is 9.22. The molecule has 27 heavy (non-hydrogen) atoms. The first kappa shape index (κ1) is 20.6. The van der Waals surface area contributed by atoms with Crippen molar-refractivity contribution in [3.8, 4) is 0 Å². The van der Waals surface area contributed by atoms with E-state index >= 15 is 0 Å². The van der Waals surface area contributed by atoms with Crippen molar-refractivity contribution >= 4 is 17.8 Å². The molecule has 0 saturated heterocycles. The lowest BCUT2D eigenvalue weighted by molar-refractivity contribution is -0.183. The van der Waals surface area contributed by atoms with Crippen LogP contribution in [0.25, 0.3) is 0 Å². The van der Waals surface area contributed by atoms with Gasteiger partial charge in [-0.3, -0.25) is 14.4 Å². The molecule has 0 radical (unpaired) electrons. The number of rotatable bonds is 6. The predicted molar refractivity (Wildman–Crippen MR) is 97.0 cm³/mol. The van der Waals surface area contributed by atoms with E-state index in [2.05, 4.69) is 0 Å². The lowest BCUT2D eigenvalue weighted by Crippen LogP contribution is -2.41. The Morgan fingerprint density at radius 2 is 1.81 bits per heavy atom. The summed E-state index contributed by atoms with van der Waals surface area (Å²) in [4.78, 5) is 42.3. The lowest BCUT2D eigenvalue weighted by atomic mass is 10.0. The molecule has 0 spiro atoms. The first-order valence-electron chi connectivity index (χ1n) is 8.57. The van der Waals surface area contributed by atoms with Crippen LogP contribution in [0.3, 0.4) is 0 Å². The summed E-state index contributed by atoms with van der Waals surface area (Å²) in [6.45, 7) is 5.24. The smallest absolute Gasteiger partial charge is 0.331 e. The maximum Gasteiger partial charge on any atom is 0.331 e. The monoisotopic (exact) mass is 375 g/mol. The average Bonchev–Trinajstić information content (AvgIpc) is 3.33. The topological polar surface area (TPSA) is 82.1 Å². The van der Waals surface area contributed by atoms with Crippen LogP contribution in [0.5, 0.6) is 0 Å². The maximum absolute atomic E-state index is 12.7. The minimum Gasteiger partial charge on any atom is -0.459 e. The second-order valence-corrected chi connectivity index (χ2v) is 7.33. The number of nitrogens with zero attached hydrogens (tertiary/aromatic N) is 1. The van der Waals surface area contributed by atoms with Gasteiger partial charge in [-0.25, -0.2) is 9.86 Å². The second-order valence-electron chi connectivity index (χ2n) is 7.33. The molecule has 2 rings (SSSR count). The molecular weight excluding hydrogens is 350 g/mol. The van der Waals surface area contributed by atoms with E-state index in [0.717, 1.165) is 10.6 Å². The Hall–Kier alpha value is -2.67. The third-order valence-electron chi connectivity index (χ3n) is 4.07. The van der Waals surface area contributed by atoms with E-state index in [4.69, 9.17) is 14.3 Å². The molecule has 0 bridgehead atoms. The molecule has 1 unspecified atom stereocenters. The number of hydrogen-bond acceptors (Lipinski definition) is 6. The number of carbonyl (C=O) groups is 3. The van der Waals surface area contributed by atoms with Gasteiger partial charge in [0, 0.05) is 13.1 Å². The molecule has 1 atom stereocenters. The Bertz CT molecular complexity index is 749. The van der Waals surface area contributed by atoms with Gasteiger partial charge in [-0.2, -0.15) is 0 Å². The van der Waals surface area contributed by atoms with Crippen LogP contribution in [0.4, 0.5) is 0 Å². The largest absolute Gasteiger partial charge is 0.459 e. The Labute approximate surface area is 158 Å². The van der Waals surface area contributed by atoms with Crippen LogP contribution < -0.4 is 0 Å². The standard InChI is InChI=1S/C20H25NO6/c1-19(2,3)27-18(24)20(17(23)21(4)25-5)12-15(20)11-16(22)26-13-14-9-7-6-8-10-14/h6-11H,12-13H2,1-5H3/b15-11+. The van der Waals surface area contributed by atoms with Crippen LogP contribution >= 0.6 is 0 Å². The molecule has 7 heteroatoms. The minimum atomic E-state index is -1.54. The van der Waals surface area contributed by atoms with E-state index in [1.807, 2.05) is 30.3 Å². The van der Waals surface area contributed by atoms with Gasteiger partial charge in [0.15, 0.2) is 5.41 Å². The van der Waals surface area contributed by atoms with E-state index < -0.39 is 28.9 Å². The highest BCUT2D eigenvalue weighted by Gasteiger charge is 2.65. The molecule has 1 aliphatic carbocycles. The van der Waals surface area contributed by atoms with Gasteiger partial charge >= 0.3 is 11.9 Å². The number of benzene rings is 1. The Morgan fingerprint density at radius 1 is 1.19 bits per heavy atom. The molecule has 0 aromatic heterocycles. The predicted octanol–water partition coefficient (Wildman–Crippen LogP) is 2.41. The van der Waals surface area contributed by atoms with E-state index in [0.29, 0.717) is 5.57 Å². The molecule has 7 nitrogen and oxygen atoms in total. The van der Waals surface area contributed by atoms with Gasteiger partial charge in [0.2, 0.25) is 0 Å². The molecule has 1 aromatic carbocycles. The van der Waals surface area contributed by atoms with Crippen molar-refractivity contribution in [3.63, 3.8) is 0 Å². The summed E-state index contributed by atoms with van der Waals surface area (Å²) in [5.74, 6) is -1.90. The maximum atomic E-state index is 12.7. The molecule has 0 N–H and O–H groups in total. The highest BCUT2D eigenvalue weighted by molar-refractivity contribution is 6.12. The van der Waals surface area contributed by atoms with Crippen molar-refractivity contribution < 1.29 is 28.7 Å². The van der Waals surface area contributed by atoms with E-state index in [1.54, 1.807) is 20.8 Å². The third-order valence-corrected chi connectivity index (χ3v) is 4.07. The molecule has 146 valence electrons. The van der Waals surface area contributed by atoms with Crippen LogP contribution in [0.1, 0.15) is 32.8 Å². The Balaban J connectivity index is 2.15. The number of ether oxygens (including phenoxy) is 2. The van der Waals surface area contributed by atoms with Crippen molar-refractivity contribution in [3.05, 3.63) is 47.5 Å². The van der Waals surface area contributed by atoms with Gasteiger partial charge in [0.25, 0.3) is 5.91 Å². The van der Waals surface area contributed by atoms with Gasteiger partial charge in [0.05, 0.1) is 7.11 Å². The third kappa shape index (κ3) is 4.95. The first-order chi connectivity index (χ1) is 12.6. The highest BCUT2D eigenvalue weighted by atomic mass is 16.7. The zero-order valence-electron chi connectivity index (χ0n) is 16.3. The van der Waals surface area contributed by atoms with Crippen LogP contribution in [-0.2, 0) is 35.3 Å². The minimum absolute atomic E-state index is 0.0921. The SMILES string of the molecule is CON(C)C(=O)C1(C(=O)OC(C)(C)C)C/C1=C\C(=O)OCc1ccccc1. The summed E-state index contributed by atoms with van der Waals surface area (Å²) >= 11 is 0. The van der Waals surface area contributed by atoms with Crippen LogP contribution in [0.2, 0.25) is 0 Å². The molecule has 1 fully saturated rings. The zero-order chi connectivity index (χ0) is 20.2. The Kier molecular flexibility index (Phi) is 6.05. The fourth-order valence-corrected chi connectivity index (χ4v) is 2.55. The molecular formula is C20H25NO6. The van der Waals surface area contributed by atoms with Crippen LogP contribution in [-0.4, -0.2) is 42.7 Å². The van der Waals surface area contributed by atoms with Gasteiger partial charge in [0.1, 0.15) is 12.2 Å². The molecule has 1 amide bonds. The van der Waals surface area contributed by atoms with Gasteiger partial charge in [-0.15, -0.1) is 0 Å². The summed E-state index contributed by atoms with van der Waals surface area (Å²) in [5.41, 5.74) is -1.11. The van der Waals surface area contributed by atoms with E-state index in [1.165, 1.54) is 20.2 Å². The number of hydroxylamine groups is 2. The molecule has 1 aliphatic rings. The number of carbonyl (C=O) groups excluding carboxylic acids is 3. The summed E-state index contributed by atoms with van der Waals surface area (Å²) in [5, 5.41) is 0.958. The highest BCUT2D eigenvalue weighted by Crippen LogP contribution is 2.54. The van der Waals surface area contributed by atoms with Crippen molar-refractivity contribution in [2.24, 2.45) is 5.41 Å². The van der Waals surface area contributed by atoms with Crippen LogP contribution in [0, 0.1) is 5.41 Å². The van der Waals surface area contributed by atoms with Gasteiger partial charge < -0.3 is 9.47 Å². The quantitative estimate of drug-likeness (QED) is 0.329. The van der Waals surface area contributed by atoms with E-state index in [-0.39, 0.29) is 13.0 Å². The summed E-state index contributed by atoms with van der Waals surface area (Å²) in [7, 11) is 2.72. The van der Waals surface area contributed by atoms with Gasteiger partial charge in [-0.1, -0.05) is 30.3 Å². The summed E-state index contributed by atoms with van der Waals surface area (Å²) < 4.78 is 10.6. The van der Waals surface area contributed by atoms with E-state index in [9.17, 15) is 14.4 Å². The summed E-state index contributed by atoms with van der Waals surface area (Å²) in [6.07, 6.45) is 1.28. The molecule has 0 heterocycles. The number of hydrogen-bond donors (Lipinski definition) is 0. The zero-order valence-corrected chi connectivity index (χ0v) is 16.3. The normalized spacial score (nSPS) is 20.1. The lowest BCUT2D eigenvalue weighted by Gasteiger charge is -2.25. The van der Waals surface area contributed by atoms with Gasteiger partial charge in [-0.05, 0) is 38.3 Å². The molecule has 1 aromatic rings. The average molecular weight is 375 g/mol. The molecule has 0 aliphatic heterocycles. The first-order valence-corrected chi connectivity index (χ1v) is 8.57. The van der Waals surface area contributed by atoms with Crippen molar-refractivity contribution in [2.75, 3.05) is 14.2 Å². The second kappa shape index (κ2) is 7.92. The molecule has 1 saturated carbocycles. The van der Waals surface area contributed by atoms with Crippen molar-refractivity contribution in [1.82, 2.24) is 5.06 Å². The number of esters is 2. The number of amides is 1. The fraction of sp³-hybridized carbons (Fsp3) is 0.450. The fourth-order valence-electron chi connectivity index (χ4n) is 2.55. The van der Waals surface area contributed by atoms with Crippen molar-refractivity contribution in [2.45, 2.75) is 39.4 Å². The Morgan fingerprint density at radius 3 is 2.37 bits per heavy atom.